The van der Waals surface area contributed by atoms with Crippen molar-refractivity contribution in [3.63, 3.8) is 0 Å². The van der Waals surface area contributed by atoms with Crippen LogP contribution in [-0.4, -0.2) is 5.78 Å². The van der Waals surface area contributed by atoms with Crippen LogP contribution in [0, 0.1) is 6.92 Å². The molecule has 0 fully saturated rings. The average molecular weight is 393 g/mol. The summed E-state index contributed by atoms with van der Waals surface area (Å²) in [5.41, 5.74) is 3.00. The molecule has 0 saturated heterocycles. The molecule has 3 heteroatoms. The fourth-order valence-electron chi connectivity index (χ4n) is 3.16. The maximum absolute atomic E-state index is 12.6. The van der Waals surface area contributed by atoms with E-state index in [9.17, 15) is 4.79 Å². The van der Waals surface area contributed by atoms with E-state index < -0.39 is 0 Å². The molecule has 25 heavy (non-hydrogen) atoms. The van der Waals surface area contributed by atoms with Gasteiger partial charge in [0, 0.05) is 17.7 Å². The summed E-state index contributed by atoms with van der Waals surface area (Å²) in [6.45, 7) is 2.37. The molecular formula is C22H19BrNO+. The molecule has 1 aromatic heterocycles. The van der Waals surface area contributed by atoms with Gasteiger partial charge in [0.1, 0.15) is 0 Å². The minimum Gasteiger partial charge on any atom is -0.287 e. The van der Waals surface area contributed by atoms with E-state index in [1.165, 1.54) is 16.2 Å². The molecule has 0 aliphatic rings. The van der Waals surface area contributed by atoms with Crippen molar-refractivity contribution in [2.24, 2.45) is 0 Å². The summed E-state index contributed by atoms with van der Waals surface area (Å²) in [5, 5.41) is 3.60. The van der Waals surface area contributed by atoms with Gasteiger partial charge in [-0.15, -0.1) is 17.0 Å². The minimum absolute atomic E-state index is 0. The molecule has 0 aliphatic carbocycles. The van der Waals surface area contributed by atoms with E-state index >= 15 is 0 Å². The van der Waals surface area contributed by atoms with E-state index in [0.29, 0.717) is 6.54 Å². The molecule has 0 bridgehead atoms. The van der Waals surface area contributed by atoms with Gasteiger partial charge in [-0.05, 0) is 29.8 Å². The minimum atomic E-state index is 0. The Balaban J connectivity index is 0.00000182. The Morgan fingerprint density at radius 2 is 1.56 bits per heavy atom. The fraction of sp³-hybridized carbons (Fsp3) is 0.0909. The normalized spacial score (nSPS) is 10.6. The zero-order chi connectivity index (χ0) is 16.5. The zero-order valence-electron chi connectivity index (χ0n) is 14.0. The molecule has 0 N–H and O–H groups in total. The molecule has 0 radical (unpaired) electrons. The first-order valence-corrected chi connectivity index (χ1v) is 8.12. The number of halogens is 1. The molecule has 0 amide bonds. The molecule has 0 atom stereocenters. The predicted octanol–water partition coefficient (Wildman–Crippen LogP) is 5.05. The van der Waals surface area contributed by atoms with Gasteiger partial charge in [0.15, 0.2) is 6.20 Å². The Bertz CT molecular complexity index is 1050. The Morgan fingerprint density at radius 3 is 2.36 bits per heavy atom. The lowest BCUT2D eigenvalue weighted by atomic mass is 10.0. The molecule has 0 spiro atoms. The maximum atomic E-state index is 12.6. The van der Waals surface area contributed by atoms with Crippen LogP contribution in [0.5, 0.6) is 0 Å². The zero-order valence-corrected chi connectivity index (χ0v) is 15.7. The van der Waals surface area contributed by atoms with Crippen LogP contribution in [0.1, 0.15) is 15.9 Å². The molecular weight excluding hydrogens is 374 g/mol. The van der Waals surface area contributed by atoms with Crippen molar-refractivity contribution in [3.05, 3.63) is 90.1 Å². The van der Waals surface area contributed by atoms with Crippen LogP contribution < -0.4 is 4.57 Å². The van der Waals surface area contributed by atoms with Gasteiger partial charge in [-0.2, -0.15) is 4.57 Å². The Kier molecular flexibility index (Phi) is 4.95. The molecule has 4 rings (SSSR count). The first-order chi connectivity index (χ1) is 11.7. The SMILES string of the molecule is Br.Cc1ccc(C(=O)C[n+]2cccc3c4ccccc4ccc32)cc1. The number of carbonyl (C=O) groups is 1. The number of nitrogens with zero attached hydrogens (tertiary/aromatic N) is 1. The third kappa shape index (κ3) is 3.33. The van der Waals surface area contributed by atoms with Gasteiger partial charge in [0.2, 0.25) is 17.8 Å². The van der Waals surface area contributed by atoms with Gasteiger partial charge in [0.25, 0.3) is 0 Å². The monoisotopic (exact) mass is 392 g/mol. The van der Waals surface area contributed by atoms with Gasteiger partial charge in [-0.25, -0.2) is 0 Å². The summed E-state index contributed by atoms with van der Waals surface area (Å²) in [4.78, 5) is 12.6. The number of fused-ring (bicyclic) bond motifs is 3. The first kappa shape index (κ1) is 17.3. The second kappa shape index (κ2) is 7.16. The number of hydrogen-bond acceptors (Lipinski definition) is 1. The van der Waals surface area contributed by atoms with Crippen LogP contribution in [0.25, 0.3) is 21.7 Å². The Morgan fingerprint density at radius 1 is 0.840 bits per heavy atom. The topological polar surface area (TPSA) is 20.9 Å². The average Bonchev–Trinajstić information content (AvgIpc) is 2.62. The number of hydrogen-bond donors (Lipinski definition) is 0. The summed E-state index contributed by atoms with van der Waals surface area (Å²) in [5.74, 6) is 0.126. The summed E-state index contributed by atoms with van der Waals surface area (Å²) >= 11 is 0. The number of pyridine rings is 1. The van der Waals surface area contributed by atoms with Crippen molar-refractivity contribution in [1.82, 2.24) is 0 Å². The van der Waals surface area contributed by atoms with E-state index in [1.807, 2.05) is 54.1 Å². The predicted molar refractivity (Wildman–Crippen MR) is 107 cm³/mol. The van der Waals surface area contributed by atoms with Gasteiger partial charge in [-0.3, -0.25) is 4.79 Å². The first-order valence-electron chi connectivity index (χ1n) is 8.12. The van der Waals surface area contributed by atoms with Crippen LogP contribution in [-0.2, 0) is 6.54 Å². The smallest absolute Gasteiger partial charge is 0.227 e. The fourth-order valence-corrected chi connectivity index (χ4v) is 3.16. The van der Waals surface area contributed by atoms with E-state index in [0.717, 1.165) is 16.6 Å². The number of carbonyl (C=O) groups excluding carboxylic acids is 1. The number of aryl methyl sites for hydroxylation is 1. The number of Topliss-reactive ketones (excluding diaryl/α,β-unsaturated/α-hetero) is 1. The third-order valence-electron chi connectivity index (χ3n) is 4.47. The van der Waals surface area contributed by atoms with Crippen molar-refractivity contribution < 1.29 is 9.36 Å². The third-order valence-corrected chi connectivity index (χ3v) is 4.47. The molecule has 0 unspecified atom stereocenters. The molecule has 0 saturated carbocycles. The van der Waals surface area contributed by atoms with Crippen molar-refractivity contribution in [2.75, 3.05) is 0 Å². The Hall–Kier alpha value is -2.52. The number of rotatable bonds is 3. The molecule has 1 heterocycles. The highest BCUT2D eigenvalue weighted by molar-refractivity contribution is 8.93. The highest BCUT2D eigenvalue weighted by Crippen LogP contribution is 2.22. The highest BCUT2D eigenvalue weighted by atomic mass is 79.9. The molecule has 4 aromatic rings. The number of benzene rings is 3. The largest absolute Gasteiger partial charge is 0.287 e. The van der Waals surface area contributed by atoms with Gasteiger partial charge in [-0.1, -0.05) is 54.1 Å². The number of ketones is 1. The van der Waals surface area contributed by atoms with Crippen LogP contribution >= 0.6 is 17.0 Å². The lowest BCUT2D eigenvalue weighted by Gasteiger charge is -2.05. The molecule has 2 nitrogen and oxygen atoms in total. The van der Waals surface area contributed by atoms with Crippen molar-refractivity contribution in [1.29, 1.82) is 0 Å². The summed E-state index contributed by atoms with van der Waals surface area (Å²) in [6, 6.07) is 24.4. The molecule has 3 aromatic carbocycles. The quantitative estimate of drug-likeness (QED) is 0.271. The van der Waals surface area contributed by atoms with Gasteiger partial charge < -0.3 is 0 Å². The van der Waals surface area contributed by atoms with Crippen molar-refractivity contribution in [2.45, 2.75) is 13.5 Å². The van der Waals surface area contributed by atoms with Crippen molar-refractivity contribution >= 4 is 44.4 Å². The summed E-state index contributed by atoms with van der Waals surface area (Å²) in [6.07, 6.45) is 1.98. The molecule has 0 aliphatic heterocycles. The highest BCUT2D eigenvalue weighted by Gasteiger charge is 2.16. The van der Waals surface area contributed by atoms with Crippen LogP contribution in [0.15, 0.2) is 79.0 Å². The van der Waals surface area contributed by atoms with E-state index in [2.05, 4.69) is 36.4 Å². The van der Waals surface area contributed by atoms with E-state index in [-0.39, 0.29) is 22.8 Å². The van der Waals surface area contributed by atoms with E-state index in [1.54, 1.807) is 0 Å². The summed E-state index contributed by atoms with van der Waals surface area (Å²) in [7, 11) is 0. The Labute approximate surface area is 157 Å². The standard InChI is InChI=1S/C22H18NO.BrH/c1-16-8-10-18(11-9-16)22(24)15-23-14-4-7-20-19-6-3-2-5-17(19)12-13-21(20)23;/h2-14H,15H2,1H3;1H/q+1;. The van der Waals surface area contributed by atoms with Crippen LogP contribution in [0.3, 0.4) is 0 Å². The second-order valence-electron chi connectivity index (χ2n) is 6.14. The lowest BCUT2D eigenvalue weighted by Crippen LogP contribution is -2.38. The lowest BCUT2D eigenvalue weighted by molar-refractivity contribution is -0.657. The summed E-state index contributed by atoms with van der Waals surface area (Å²) < 4.78 is 2.03. The van der Waals surface area contributed by atoms with Crippen LogP contribution in [0.4, 0.5) is 0 Å². The van der Waals surface area contributed by atoms with Gasteiger partial charge in [0.05, 0.1) is 5.39 Å². The van der Waals surface area contributed by atoms with Gasteiger partial charge >= 0.3 is 0 Å². The number of aromatic nitrogens is 1. The maximum Gasteiger partial charge on any atom is 0.227 e. The van der Waals surface area contributed by atoms with Crippen molar-refractivity contribution in [3.8, 4) is 0 Å². The van der Waals surface area contributed by atoms with E-state index in [4.69, 9.17) is 0 Å². The second-order valence-corrected chi connectivity index (χ2v) is 6.14. The van der Waals surface area contributed by atoms with Crippen LogP contribution in [0.2, 0.25) is 0 Å². The molecule has 124 valence electrons.